The minimum Gasteiger partial charge on any atom is -0.273 e. The van der Waals surface area contributed by atoms with Gasteiger partial charge in [0.25, 0.3) is 0 Å². The Morgan fingerprint density at radius 2 is 2.00 bits per heavy atom. The van der Waals surface area contributed by atoms with Gasteiger partial charge in [0, 0.05) is 12.1 Å². The topological polar surface area (TPSA) is 41.5 Å². The van der Waals surface area contributed by atoms with Crippen LogP contribution in [0, 0.1) is 23.7 Å². The molecule has 0 saturated heterocycles. The molecule has 3 nitrogen and oxygen atoms in total. The molecule has 0 radical (unpaired) electrons. The van der Waals surface area contributed by atoms with Gasteiger partial charge in [0.2, 0.25) is 5.91 Å². The standard InChI is InChI=1S/C18H22N2O/c21-18(17-10-16(17)13-4-2-1-3-5-13)20-19-11-15-9-12-6-7-14(15)8-12/h1-5,11-12,14-17H,6-10H2,(H,20,21)/b19-11-/t12-,14+,15+,16+,17-/m0/s1. The summed E-state index contributed by atoms with van der Waals surface area (Å²) in [7, 11) is 0. The number of carbonyl (C=O) groups excluding carboxylic acids is 1. The van der Waals surface area contributed by atoms with Crippen LogP contribution < -0.4 is 5.43 Å². The first kappa shape index (κ1) is 13.1. The molecule has 0 spiro atoms. The summed E-state index contributed by atoms with van der Waals surface area (Å²) in [5, 5.41) is 4.24. The van der Waals surface area contributed by atoms with Gasteiger partial charge >= 0.3 is 0 Å². The lowest BCUT2D eigenvalue weighted by atomic mass is 9.90. The smallest absolute Gasteiger partial charge is 0.243 e. The molecule has 0 unspecified atom stereocenters. The fourth-order valence-electron chi connectivity index (χ4n) is 4.31. The predicted octanol–water partition coefficient (Wildman–Crippen LogP) is 3.33. The highest BCUT2D eigenvalue weighted by molar-refractivity contribution is 5.83. The lowest BCUT2D eigenvalue weighted by molar-refractivity contribution is -0.122. The first-order valence-electron chi connectivity index (χ1n) is 8.19. The van der Waals surface area contributed by atoms with Crippen LogP contribution in [0.1, 0.15) is 43.6 Å². The summed E-state index contributed by atoms with van der Waals surface area (Å²) >= 11 is 0. The van der Waals surface area contributed by atoms with Gasteiger partial charge in [-0.2, -0.15) is 5.10 Å². The minimum absolute atomic E-state index is 0.0864. The van der Waals surface area contributed by atoms with Crippen LogP contribution in [0.4, 0.5) is 0 Å². The van der Waals surface area contributed by atoms with Crippen molar-refractivity contribution in [3.05, 3.63) is 35.9 Å². The van der Waals surface area contributed by atoms with Gasteiger partial charge in [-0.15, -0.1) is 0 Å². The Hall–Kier alpha value is -1.64. The summed E-state index contributed by atoms with van der Waals surface area (Å²) in [4.78, 5) is 12.1. The van der Waals surface area contributed by atoms with Gasteiger partial charge in [-0.1, -0.05) is 36.8 Å². The van der Waals surface area contributed by atoms with Crippen LogP contribution in [0.25, 0.3) is 0 Å². The number of hydrogen-bond acceptors (Lipinski definition) is 2. The molecule has 1 aromatic rings. The first-order valence-corrected chi connectivity index (χ1v) is 8.19. The van der Waals surface area contributed by atoms with Crippen LogP contribution in [-0.4, -0.2) is 12.1 Å². The summed E-state index contributed by atoms with van der Waals surface area (Å²) in [6, 6.07) is 10.3. The van der Waals surface area contributed by atoms with Crippen LogP contribution >= 0.6 is 0 Å². The van der Waals surface area contributed by atoms with Gasteiger partial charge in [0.05, 0.1) is 0 Å². The number of nitrogens with zero attached hydrogens (tertiary/aromatic N) is 1. The molecule has 3 fully saturated rings. The summed E-state index contributed by atoms with van der Waals surface area (Å²) in [6.45, 7) is 0. The van der Waals surface area contributed by atoms with Crippen molar-refractivity contribution < 1.29 is 4.79 Å². The van der Waals surface area contributed by atoms with E-state index in [9.17, 15) is 4.79 Å². The molecule has 21 heavy (non-hydrogen) atoms. The third-order valence-electron chi connectivity index (χ3n) is 5.59. The van der Waals surface area contributed by atoms with Crippen molar-refractivity contribution in [1.82, 2.24) is 5.43 Å². The molecule has 3 saturated carbocycles. The Morgan fingerprint density at radius 3 is 2.71 bits per heavy atom. The molecule has 110 valence electrons. The quantitative estimate of drug-likeness (QED) is 0.668. The normalized spacial score (nSPS) is 37.0. The summed E-state index contributed by atoms with van der Waals surface area (Å²) < 4.78 is 0. The number of hydrogen-bond donors (Lipinski definition) is 1. The predicted molar refractivity (Wildman–Crippen MR) is 82.9 cm³/mol. The van der Waals surface area contributed by atoms with E-state index in [1.54, 1.807) is 0 Å². The second kappa shape index (κ2) is 5.28. The van der Waals surface area contributed by atoms with E-state index >= 15 is 0 Å². The Morgan fingerprint density at radius 1 is 1.14 bits per heavy atom. The maximum Gasteiger partial charge on any atom is 0.243 e. The number of carbonyl (C=O) groups is 1. The van der Waals surface area contributed by atoms with Gasteiger partial charge in [-0.05, 0) is 54.9 Å². The highest BCUT2D eigenvalue weighted by atomic mass is 16.2. The van der Waals surface area contributed by atoms with Crippen molar-refractivity contribution in [2.24, 2.45) is 28.8 Å². The summed E-state index contributed by atoms with van der Waals surface area (Å²) in [6.07, 6.45) is 8.38. The van der Waals surface area contributed by atoms with E-state index in [0.29, 0.717) is 11.8 Å². The summed E-state index contributed by atoms with van der Waals surface area (Å²) in [5.41, 5.74) is 4.03. The van der Waals surface area contributed by atoms with Crippen LogP contribution in [0.3, 0.4) is 0 Å². The van der Waals surface area contributed by atoms with Crippen molar-refractivity contribution in [3.63, 3.8) is 0 Å². The van der Waals surface area contributed by atoms with Crippen molar-refractivity contribution in [3.8, 4) is 0 Å². The van der Waals surface area contributed by atoms with Crippen molar-refractivity contribution in [2.45, 2.75) is 38.0 Å². The Kier molecular flexibility index (Phi) is 3.28. The van der Waals surface area contributed by atoms with E-state index < -0.39 is 0 Å². The van der Waals surface area contributed by atoms with E-state index in [1.807, 2.05) is 24.4 Å². The van der Waals surface area contributed by atoms with Gasteiger partial charge < -0.3 is 0 Å². The lowest BCUT2D eigenvalue weighted by Crippen LogP contribution is -2.22. The van der Waals surface area contributed by atoms with E-state index in [-0.39, 0.29) is 11.8 Å². The minimum atomic E-state index is 0.0864. The van der Waals surface area contributed by atoms with E-state index in [0.717, 1.165) is 18.3 Å². The Labute approximate surface area is 125 Å². The molecule has 1 N–H and O–H groups in total. The van der Waals surface area contributed by atoms with Crippen LogP contribution in [0.2, 0.25) is 0 Å². The van der Waals surface area contributed by atoms with Crippen LogP contribution in [0.15, 0.2) is 35.4 Å². The number of hydrazone groups is 1. The largest absolute Gasteiger partial charge is 0.273 e. The highest BCUT2D eigenvalue weighted by Gasteiger charge is 2.44. The molecule has 3 heteroatoms. The molecular weight excluding hydrogens is 260 g/mol. The zero-order valence-electron chi connectivity index (χ0n) is 12.2. The highest BCUT2D eigenvalue weighted by Crippen LogP contribution is 2.48. The average molecular weight is 282 g/mol. The van der Waals surface area contributed by atoms with Gasteiger partial charge in [0.1, 0.15) is 0 Å². The van der Waals surface area contributed by atoms with E-state index in [2.05, 4.69) is 22.7 Å². The lowest BCUT2D eigenvalue weighted by Gasteiger charge is -2.16. The van der Waals surface area contributed by atoms with Crippen molar-refractivity contribution in [2.75, 3.05) is 0 Å². The third kappa shape index (κ3) is 2.61. The zero-order chi connectivity index (χ0) is 14.2. The molecule has 1 amide bonds. The van der Waals surface area contributed by atoms with Crippen molar-refractivity contribution in [1.29, 1.82) is 0 Å². The number of rotatable bonds is 4. The SMILES string of the molecule is O=C(N/N=C\[C@H]1C[C@H]2CC[C@@H]1C2)[C@H]1C[C@@H]1c1ccccc1. The molecule has 0 aromatic heterocycles. The second-order valence-corrected chi connectivity index (χ2v) is 6.95. The fourth-order valence-corrected chi connectivity index (χ4v) is 4.31. The number of benzene rings is 1. The molecule has 5 atom stereocenters. The molecule has 3 aliphatic rings. The fraction of sp³-hybridized carbons (Fsp3) is 0.556. The molecule has 3 aliphatic carbocycles. The van der Waals surface area contributed by atoms with E-state index in [4.69, 9.17) is 0 Å². The second-order valence-electron chi connectivity index (χ2n) is 6.95. The van der Waals surface area contributed by atoms with Gasteiger partial charge in [0.15, 0.2) is 0 Å². The van der Waals surface area contributed by atoms with Gasteiger partial charge in [-0.25, -0.2) is 5.43 Å². The van der Waals surface area contributed by atoms with Crippen molar-refractivity contribution >= 4 is 12.1 Å². The van der Waals surface area contributed by atoms with Crippen LogP contribution in [-0.2, 0) is 4.79 Å². The maximum absolute atomic E-state index is 12.1. The third-order valence-corrected chi connectivity index (χ3v) is 5.59. The van der Waals surface area contributed by atoms with Gasteiger partial charge in [-0.3, -0.25) is 4.79 Å². The molecule has 1 aromatic carbocycles. The number of nitrogens with one attached hydrogen (secondary N) is 1. The molecule has 0 aliphatic heterocycles. The molecule has 0 heterocycles. The maximum atomic E-state index is 12.1. The monoisotopic (exact) mass is 282 g/mol. The first-order chi connectivity index (χ1) is 10.3. The Balaban J connectivity index is 1.28. The number of amides is 1. The Bertz CT molecular complexity index is 554. The average Bonchev–Trinajstić information content (AvgIpc) is 3.06. The molecule has 2 bridgehead atoms. The molecule has 4 rings (SSSR count). The van der Waals surface area contributed by atoms with E-state index in [1.165, 1.54) is 31.2 Å². The van der Waals surface area contributed by atoms with Crippen LogP contribution in [0.5, 0.6) is 0 Å². The molecular formula is C18H22N2O. The number of fused-ring (bicyclic) bond motifs is 2. The summed E-state index contributed by atoms with van der Waals surface area (Å²) in [5.74, 6) is 2.95. The zero-order valence-corrected chi connectivity index (χ0v) is 12.2.